The van der Waals surface area contributed by atoms with E-state index in [0.717, 1.165) is 5.75 Å². The highest BCUT2D eigenvalue weighted by molar-refractivity contribution is 5.80. The van der Waals surface area contributed by atoms with Crippen molar-refractivity contribution in [2.45, 2.75) is 31.8 Å². The quantitative estimate of drug-likeness (QED) is 0.892. The van der Waals surface area contributed by atoms with Crippen LogP contribution in [-0.4, -0.2) is 65.1 Å². The molecule has 0 saturated carbocycles. The Morgan fingerprint density at radius 2 is 1.84 bits per heavy atom. The lowest BCUT2D eigenvalue weighted by atomic mass is 9.95. The second-order valence-corrected chi connectivity index (χ2v) is 7.12. The van der Waals surface area contributed by atoms with E-state index in [1.807, 2.05) is 30.3 Å². The van der Waals surface area contributed by atoms with E-state index in [4.69, 9.17) is 4.74 Å². The van der Waals surface area contributed by atoms with E-state index in [2.05, 4.69) is 0 Å². The molecule has 136 valence electrons. The van der Waals surface area contributed by atoms with E-state index >= 15 is 0 Å². The Bertz CT molecular complexity index is 613. The Morgan fingerprint density at radius 1 is 1.16 bits per heavy atom. The average Bonchev–Trinajstić information content (AvgIpc) is 3.03. The Labute approximate surface area is 148 Å². The van der Waals surface area contributed by atoms with Crippen molar-refractivity contribution in [2.75, 3.05) is 32.8 Å². The highest BCUT2D eigenvalue weighted by atomic mass is 16.5. The van der Waals surface area contributed by atoms with Crippen LogP contribution in [0.2, 0.25) is 0 Å². The van der Waals surface area contributed by atoms with Gasteiger partial charge in [-0.2, -0.15) is 0 Å². The molecule has 2 fully saturated rings. The summed E-state index contributed by atoms with van der Waals surface area (Å²) in [5.41, 5.74) is -0.994. The van der Waals surface area contributed by atoms with Gasteiger partial charge in [0.25, 0.3) is 0 Å². The molecular formula is C19H26N2O4. The number of piperidine rings is 1. The number of β-amino-alcohol motifs (C(OH)–C–C–N with tert-alkyl or cyclic N) is 1. The summed E-state index contributed by atoms with van der Waals surface area (Å²) in [4.78, 5) is 27.6. The maximum absolute atomic E-state index is 12.7. The fraction of sp³-hybridized carbons (Fsp3) is 0.579. The van der Waals surface area contributed by atoms with Crippen LogP contribution in [0.5, 0.6) is 5.75 Å². The highest BCUT2D eigenvalue weighted by Gasteiger charge is 2.41. The number of benzene rings is 1. The number of rotatable bonds is 4. The molecule has 1 aromatic rings. The monoisotopic (exact) mass is 346 g/mol. The van der Waals surface area contributed by atoms with Crippen LogP contribution in [0.4, 0.5) is 0 Å². The predicted octanol–water partition coefficient (Wildman–Crippen LogP) is 1.29. The minimum Gasteiger partial charge on any atom is -0.491 e. The first-order valence-corrected chi connectivity index (χ1v) is 8.91. The summed E-state index contributed by atoms with van der Waals surface area (Å²) in [5.74, 6) is 0.837. The molecule has 3 rings (SSSR count). The SMILES string of the molecule is CC(=O)N1CCC(C(=O)N2CCC(O)(COc3ccccc3)C2)CC1. The first kappa shape index (κ1) is 17.7. The van der Waals surface area contributed by atoms with E-state index in [9.17, 15) is 14.7 Å². The molecule has 1 N–H and O–H groups in total. The zero-order valence-corrected chi connectivity index (χ0v) is 14.7. The summed E-state index contributed by atoms with van der Waals surface area (Å²) in [7, 11) is 0. The Balaban J connectivity index is 1.50. The second-order valence-electron chi connectivity index (χ2n) is 7.12. The van der Waals surface area contributed by atoms with Gasteiger partial charge in [-0.1, -0.05) is 18.2 Å². The van der Waals surface area contributed by atoms with Crippen molar-refractivity contribution in [1.29, 1.82) is 0 Å². The van der Waals surface area contributed by atoms with E-state index in [-0.39, 0.29) is 24.3 Å². The molecule has 2 amide bonds. The van der Waals surface area contributed by atoms with Crippen LogP contribution in [-0.2, 0) is 9.59 Å². The molecule has 0 bridgehead atoms. The Hall–Kier alpha value is -2.08. The first-order valence-electron chi connectivity index (χ1n) is 8.91. The standard InChI is InChI=1S/C19H26N2O4/c1-15(22)20-10-7-16(8-11-20)18(23)21-12-9-19(24,13-21)14-25-17-5-3-2-4-6-17/h2-6,16,24H,7-14H2,1H3. The molecule has 0 radical (unpaired) electrons. The molecule has 6 heteroatoms. The van der Waals surface area contributed by atoms with Gasteiger partial charge < -0.3 is 19.6 Å². The zero-order chi connectivity index (χ0) is 17.9. The molecule has 0 aromatic heterocycles. The first-order chi connectivity index (χ1) is 12.0. The molecule has 1 unspecified atom stereocenters. The summed E-state index contributed by atoms with van der Waals surface area (Å²) >= 11 is 0. The van der Waals surface area contributed by atoms with Crippen LogP contribution in [0.15, 0.2) is 30.3 Å². The average molecular weight is 346 g/mol. The van der Waals surface area contributed by atoms with Crippen molar-refractivity contribution in [1.82, 2.24) is 9.80 Å². The van der Waals surface area contributed by atoms with Crippen molar-refractivity contribution in [3.63, 3.8) is 0 Å². The van der Waals surface area contributed by atoms with E-state index in [1.165, 1.54) is 0 Å². The van der Waals surface area contributed by atoms with Crippen molar-refractivity contribution in [3.05, 3.63) is 30.3 Å². The number of hydrogen-bond donors (Lipinski definition) is 1. The lowest BCUT2D eigenvalue weighted by Gasteiger charge is -2.33. The molecule has 2 heterocycles. The van der Waals surface area contributed by atoms with Crippen LogP contribution in [0.3, 0.4) is 0 Å². The summed E-state index contributed by atoms with van der Waals surface area (Å²) in [6.45, 7) is 3.90. The van der Waals surface area contributed by atoms with Gasteiger partial charge >= 0.3 is 0 Å². The normalized spacial score (nSPS) is 24.4. The lowest BCUT2D eigenvalue weighted by molar-refractivity contribution is -0.140. The third-order valence-corrected chi connectivity index (χ3v) is 5.18. The van der Waals surface area contributed by atoms with Gasteiger partial charge in [0.15, 0.2) is 0 Å². The number of nitrogens with zero attached hydrogens (tertiary/aromatic N) is 2. The van der Waals surface area contributed by atoms with Crippen molar-refractivity contribution in [2.24, 2.45) is 5.92 Å². The van der Waals surface area contributed by atoms with E-state index in [1.54, 1.807) is 16.7 Å². The predicted molar refractivity (Wildman–Crippen MR) is 93.1 cm³/mol. The molecule has 0 spiro atoms. The van der Waals surface area contributed by atoms with Crippen LogP contribution in [0, 0.1) is 5.92 Å². The number of amides is 2. The Morgan fingerprint density at radius 3 is 2.48 bits per heavy atom. The van der Waals surface area contributed by atoms with Crippen molar-refractivity contribution >= 4 is 11.8 Å². The maximum Gasteiger partial charge on any atom is 0.225 e. The largest absolute Gasteiger partial charge is 0.491 e. The summed E-state index contributed by atoms with van der Waals surface area (Å²) in [5, 5.41) is 10.7. The minimum absolute atomic E-state index is 0.0482. The van der Waals surface area contributed by atoms with Gasteiger partial charge in [0, 0.05) is 32.5 Å². The fourth-order valence-electron chi connectivity index (χ4n) is 3.60. The topological polar surface area (TPSA) is 70.1 Å². The number of aliphatic hydroxyl groups is 1. The minimum atomic E-state index is -0.994. The smallest absolute Gasteiger partial charge is 0.225 e. The van der Waals surface area contributed by atoms with Gasteiger partial charge in [0.05, 0.1) is 6.54 Å². The van der Waals surface area contributed by atoms with E-state index in [0.29, 0.717) is 45.4 Å². The number of para-hydroxylation sites is 1. The molecule has 25 heavy (non-hydrogen) atoms. The van der Waals surface area contributed by atoms with Crippen LogP contribution >= 0.6 is 0 Å². The summed E-state index contributed by atoms with van der Waals surface area (Å²) < 4.78 is 5.67. The molecule has 2 aliphatic rings. The van der Waals surface area contributed by atoms with Gasteiger partial charge in [0.1, 0.15) is 18.0 Å². The van der Waals surface area contributed by atoms with Crippen molar-refractivity contribution in [3.8, 4) is 5.75 Å². The number of ether oxygens (including phenoxy) is 1. The number of likely N-dealkylation sites (tertiary alicyclic amines) is 2. The molecule has 1 aromatic carbocycles. The molecule has 6 nitrogen and oxygen atoms in total. The lowest BCUT2D eigenvalue weighted by Crippen LogP contribution is -2.45. The number of hydrogen-bond acceptors (Lipinski definition) is 4. The van der Waals surface area contributed by atoms with Gasteiger partial charge in [-0.3, -0.25) is 9.59 Å². The summed E-state index contributed by atoms with van der Waals surface area (Å²) in [6, 6.07) is 9.39. The molecule has 2 saturated heterocycles. The molecular weight excluding hydrogens is 320 g/mol. The third kappa shape index (κ3) is 4.31. The number of carbonyl (C=O) groups is 2. The van der Waals surface area contributed by atoms with Crippen LogP contribution < -0.4 is 4.74 Å². The zero-order valence-electron chi connectivity index (χ0n) is 14.7. The van der Waals surface area contributed by atoms with Gasteiger partial charge in [0.2, 0.25) is 11.8 Å². The highest BCUT2D eigenvalue weighted by Crippen LogP contribution is 2.27. The second kappa shape index (κ2) is 7.44. The van der Waals surface area contributed by atoms with Gasteiger partial charge in [-0.25, -0.2) is 0 Å². The molecule has 0 aliphatic carbocycles. The number of carbonyl (C=O) groups excluding carboxylic acids is 2. The third-order valence-electron chi connectivity index (χ3n) is 5.18. The van der Waals surface area contributed by atoms with E-state index < -0.39 is 5.60 Å². The van der Waals surface area contributed by atoms with Crippen molar-refractivity contribution < 1.29 is 19.4 Å². The fourth-order valence-corrected chi connectivity index (χ4v) is 3.60. The summed E-state index contributed by atoms with van der Waals surface area (Å²) in [6.07, 6.45) is 1.93. The van der Waals surface area contributed by atoms with Gasteiger partial charge in [-0.15, -0.1) is 0 Å². The molecule has 1 atom stereocenters. The van der Waals surface area contributed by atoms with Gasteiger partial charge in [-0.05, 0) is 31.4 Å². The van der Waals surface area contributed by atoms with Crippen LogP contribution in [0.1, 0.15) is 26.2 Å². The molecule has 2 aliphatic heterocycles. The maximum atomic E-state index is 12.7. The van der Waals surface area contributed by atoms with Crippen LogP contribution in [0.25, 0.3) is 0 Å². The Kier molecular flexibility index (Phi) is 5.27.